The summed E-state index contributed by atoms with van der Waals surface area (Å²) in [5.41, 5.74) is 6.75. The van der Waals surface area contributed by atoms with Crippen LogP contribution >= 0.6 is 11.3 Å². The molecule has 7 heteroatoms. The maximum atomic E-state index is 12.1. The average molecular weight is 380 g/mol. The van der Waals surface area contributed by atoms with Gasteiger partial charge in [0.1, 0.15) is 11.1 Å². The van der Waals surface area contributed by atoms with Gasteiger partial charge in [0.15, 0.2) is 0 Å². The minimum atomic E-state index is -0.869. The third kappa shape index (κ3) is 4.23. The summed E-state index contributed by atoms with van der Waals surface area (Å²) in [6, 6.07) is 8.02. The van der Waals surface area contributed by atoms with Crippen LogP contribution in [0.2, 0.25) is 0 Å². The first kappa shape index (κ1) is 18.8. The molecule has 0 fully saturated rings. The Kier molecular flexibility index (Phi) is 5.67. The molecule has 0 atom stereocenters. The number of nitrogens with zero attached hydrogens (tertiary/aromatic N) is 2. The number of fused-ring (bicyclic) bond motifs is 1. The van der Waals surface area contributed by atoms with E-state index in [0.717, 1.165) is 52.8 Å². The highest BCUT2D eigenvalue weighted by molar-refractivity contribution is 7.16. The molecule has 0 bridgehead atoms. The summed E-state index contributed by atoms with van der Waals surface area (Å²) < 4.78 is 0. The molecule has 0 radical (unpaired) electrons. The molecule has 138 valence electrons. The maximum Gasteiger partial charge on any atom is 0.329 e. The van der Waals surface area contributed by atoms with Crippen molar-refractivity contribution in [3.8, 4) is 6.07 Å². The smallest absolute Gasteiger partial charge is 0.308 e. The molecule has 0 saturated carbocycles. The first-order valence-corrected chi connectivity index (χ1v) is 9.57. The topological polar surface area (TPSA) is 94.3 Å². The number of carbonyl (C=O) groups excluding carboxylic acids is 2. The second kappa shape index (κ2) is 8.14. The average Bonchev–Trinajstić information content (AvgIpc) is 3.00. The van der Waals surface area contributed by atoms with Crippen LogP contribution in [-0.2, 0) is 22.4 Å². The van der Waals surface area contributed by atoms with Gasteiger partial charge in [0.05, 0.1) is 11.8 Å². The van der Waals surface area contributed by atoms with Gasteiger partial charge < -0.3 is 5.32 Å². The van der Waals surface area contributed by atoms with Crippen molar-refractivity contribution in [1.82, 2.24) is 5.43 Å². The number of thiophene rings is 1. The Morgan fingerprint density at radius 2 is 2.00 bits per heavy atom. The van der Waals surface area contributed by atoms with Gasteiger partial charge in [0.25, 0.3) is 0 Å². The number of nitriles is 1. The van der Waals surface area contributed by atoms with Crippen molar-refractivity contribution in [2.24, 2.45) is 5.10 Å². The minimum Gasteiger partial charge on any atom is -0.308 e. The summed E-state index contributed by atoms with van der Waals surface area (Å²) in [6.45, 7) is 3.95. The lowest BCUT2D eigenvalue weighted by atomic mass is 9.96. The zero-order chi connectivity index (χ0) is 19.4. The van der Waals surface area contributed by atoms with E-state index in [4.69, 9.17) is 0 Å². The lowest BCUT2D eigenvalue weighted by Gasteiger charge is -2.09. The summed E-state index contributed by atoms with van der Waals surface area (Å²) in [7, 11) is 0. The molecule has 2 amide bonds. The van der Waals surface area contributed by atoms with E-state index in [1.807, 2.05) is 32.0 Å². The van der Waals surface area contributed by atoms with Gasteiger partial charge in [0, 0.05) is 4.88 Å². The van der Waals surface area contributed by atoms with Crippen LogP contribution in [-0.4, -0.2) is 18.0 Å². The van der Waals surface area contributed by atoms with Gasteiger partial charge in [-0.15, -0.1) is 11.3 Å². The number of anilines is 1. The number of nitrogens with one attached hydrogen (secondary N) is 2. The molecule has 1 aromatic heterocycles. The molecule has 0 spiro atoms. The number of benzene rings is 1. The van der Waals surface area contributed by atoms with Gasteiger partial charge in [-0.25, -0.2) is 5.43 Å². The number of rotatable bonds is 3. The minimum absolute atomic E-state index is 0.447. The van der Waals surface area contributed by atoms with Crippen molar-refractivity contribution in [3.05, 3.63) is 50.9 Å². The summed E-state index contributed by atoms with van der Waals surface area (Å²) >= 11 is 1.38. The molecule has 1 aromatic carbocycles. The Bertz CT molecular complexity index is 969. The van der Waals surface area contributed by atoms with Crippen LogP contribution in [0.5, 0.6) is 0 Å². The number of amides is 2. The molecule has 0 unspecified atom stereocenters. The van der Waals surface area contributed by atoms with Gasteiger partial charge in [-0.1, -0.05) is 23.8 Å². The lowest BCUT2D eigenvalue weighted by Crippen LogP contribution is -2.32. The van der Waals surface area contributed by atoms with E-state index < -0.39 is 11.8 Å². The molecule has 0 aliphatic heterocycles. The standard InChI is InChI=1S/C20H20N4O2S/c1-12-7-8-14(13(2)9-12)11-22-24-19(26)18(25)23-20-16(10-21)15-5-3-4-6-17(15)27-20/h7-9,11H,3-6H2,1-2H3,(H,23,25)(H,24,26)/b22-11-. The Balaban J connectivity index is 1.65. The highest BCUT2D eigenvalue weighted by atomic mass is 32.1. The number of aryl methyl sites for hydroxylation is 3. The van der Waals surface area contributed by atoms with Crippen molar-refractivity contribution in [2.45, 2.75) is 39.5 Å². The highest BCUT2D eigenvalue weighted by Crippen LogP contribution is 2.37. The summed E-state index contributed by atoms with van der Waals surface area (Å²) in [4.78, 5) is 25.3. The van der Waals surface area contributed by atoms with Crippen LogP contribution < -0.4 is 10.7 Å². The zero-order valence-electron chi connectivity index (χ0n) is 15.3. The molecule has 2 aromatic rings. The van der Waals surface area contributed by atoms with Gasteiger partial charge in [-0.2, -0.15) is 10.4 Å². The first-order valence-electron chi connectivity index (χ1n) is 8.76. The Hall–Kier alpha value is -2.98. The highest BCUT2D eigenvalue weighted by Gasteiger charge is 2.23. The molecule has 1 heterocycles. The van der Waals surface area contributed by atoms with Crippen LogP contribution in [0.25, 0.3) is 0 Å². The number of carbonyl (C=O) groups is 2. The maximum absolute atomic E-state index is 12.1. The molecule has 2 N–H and O–H groups in total. The van der Waals surface area contributed by atoms with E-state index in [1.165, 1.54) is 17.6 Å². The van der Waals surface area contributed by atoms with E-state index >= 15 is 0 Å². The first-order chi connectivity index (χ1) is 13.0. The molecule has 1 aliphatic rings. The van der Waals surface area contributed by atoms with Crippen LogP contribution in [0, 0.1) is 25.2 Å². The molecular weight excluding hydrogens is 360 g/mol. The third-order valence-electron chi connectivity index (χ3n) is 4.51. The number of hydrogen-bond donors (Lipinski definition) is 2. The second-order valence-corrected chi connectivity index (χ2v) is 7.65. The summed E-state index contributed by atoms with van der Waals surface area (Å²) in [5.74, 6) is -1.70. The molecule has 0 saturated heterocycles. The van der Waals surface area contributed by atoms with Gasteiger partial charge >= 0.3 is 11.8 Å². The van der Waals surface area contributed by atoms with E-state index in [0.29, 0.717) is 10.6 Å². The monoisotopic (exact) mass is 380 g/mol. The second-order valence-electron chi connectivity index (χ2n) is 6.54. The van der Waals surface area contributed by atoms with E-state index in [9.17, 15) is 14.9 Å². The van der Waals surface area contributed by atoms with Gasteiger partial charge in [-0.3, -0.25) is 9.59 Å². The fourth-order valence-electron chi connectivity index (χ4n) is 3.11. The predicted octanol–water partition coefficient (Wildman–Crippen LogP) is 3.20. The lowest BCUT2D eigenvalue weighted by molar-refractivity contribution is -0.136. The van der Waals surface area contributed by atoms with E-state index in [1.54, 1.807) is 0 Å². The van der Waals surface area contributed by atoms with Crippen molar-refractivity contribution >= 4 is 34.4 Å². The van der Waals surface area contributed by atoms with E-state index in [-0.39, 0.29) is 0 Å². The fourth-order valence-corrected chi connectivity index (χ4v) is 4.35. The quantitative estimate of drug-likeness (QED) is 0.486. The third-order valence-corrected chi connectivity index (χ3v) is 5.72. The predicted molar refractivity (Wildman–Crippen MR) is 106 cm³/mol. The largest absolute Gasteiger partial charge is 0.329 e. The van der Waals surface area contributed by atoms with Crippen molar-refractivity contribution in [3.63, 3.8) is 0 Å². The summed E-state index contributed by atoms with van der Waals surface area (Å²) in [6.07, 6.45) is 5.39. The molecule has 27 heavy (non-hydrogen) atoms. The Morgan fingerprint density at radius 3 is 2.74 bits per heavy atom. The van der Waals surface area contributed by atoms with Crippen molar-refractivity contribution in [2.75, 3.05) is 5.32 Å². The molecular formula is C20H20N4O2S. The SMILES string of the molecule is Cc1ccc(/C=N\NC(=O)C(=O)Nc2sc3c(c2C#N)CCCC3)c(C)c1. The van der Waals surface area contributed by atoms with Crippen molar-refractivity contribution in [1.29, 1.82) is 5.26 Å². The normalized spacial score (nSPS) is 13.1. The molecule has 6 nitrogen and oxygen atoms in total. The Morgan fingerprint density at radius 1 is 1.22 bits per heavy atom. The number of hydrogen-bond acceptors (Lipinski definition) is 5. The van der Waals surface area contributed by atoms with Crippen LogP contribution in [0.1, 0.15) is 45.5 Å². The van der Waals surface area contributed by atoms with Crippen molar-refractivity contribution < 1.29 is 9.59 Å². The molecule has 3 rings (SSSR count). The fraction of sp³-hybridized carbons (Fsp3) is 0.300. The van der Waals surface area contributed by atoms with Gasteiger partial charge in [0.2, 0.25) is 0 Å². The van der Waals surface area contributed by atoms with Crippen LogP contribution in [0.15, 0.2) is 23.3 Å². The summed E-state index contributed by atoms with van der Waals surface area (Å²) in [5, 5.41) is 16.3. The van der Waals surface area contributed by atoms with Crippen LogP contribution in [0.3, 0.4) is 0 Å². The van der Waals surface area contributed by atoms with E-state index in [2.05, 4.69) is 21.9 Å². The number of hydrazone groups is 1. The van der Waals surface area contributed by atoms with Gasteiger partial charge in [-0.05, 0) is 56.2 Å². The van der Waals surface area contributed by atoms with Crippen LogP contribution in [0.4, 0.5) is 5.00 Å². The zero-order valence-corrected chi connectivity index (χ0v) is 16.1. The molecule has 1 aliphatic carbocycles. The Labute approximate surface area is 161 Å².